The van der Waals surface area contributed by atoms with E-state index in [-0.39, 0.29) is 11.4 Å². The number of hydrogen-bond acceptors (Lipinski definition) is 5. The third-order valence-corrected chi connectivity index (χ3v) is 4.13. The second-order valence-corrected chi connectivity index (χ2v) is 5.49. The minimum Gasteiger partial charge on any atom is -0.497 e. The molecule has 2 rings (SSSR count). The van der Waals surface area contributed by atoms with Crippen molar-refractivity contribution in [1.29, 1.82) is 5.26 Å². The average molecular weight is 313 g/mol. The lowest BCUT2D eigenvalue weighted by atomic mass is 10.0. The van der Waals surface area contributed by atoms with Crippen LogP contribution in [0.25, 0.3) is 6.08 Å². The summed E-state index contributed by atoms with van der Waals surface area (Å²) in [5.74, 6) is 0.932. The summed E-state index contributed by atoms with van der Waals surface area (Å²) < 4.78 is 10.4. The molecule has 1 aromatic heterocycles. The number of thiophene rings is 1. The van der Waals surface area contributed by atoms with E-state index in [4.69, 9.17) is 9.47 Å². The molecule has 0 bridgehead atoms. The largest absolute Gasteiger partial charge is 0.497 e. The van der Waals surface area contributed by atoms with Crippen molar-refractivity contribution in [1.82, 2.24) is 0 Å². The first-order chi connectivity index (χ1) is 10.6. The molecular formula is C17H15NO3S. The zero-order chi connectivity index (χ0) is 16.1. The van der Waals surface area contributed by atoms with Crippen LogP contribution in [0, 0.1) is 18.3 Å². The predicted octanol–water partition coefficient (Wildman–Crippen LogP) is 3.86. The SMILES string of the molecule is COc1cc(C=C(C#N)C(=O)c2sccc2C)cc(OC)c1. The van der Waals surface area contributed by atoms with Crippen LogP contribution >= 0.6 is 11.3 Å². The molecule has 5 heteroatoms. The van der Waals surface area contributed by atoms with Crippen LogP contribution in [0.5, 0.6) is 11.5 Å². The van der Waals surface area contributed by atoms with Gasteiger partial charge in [0.25, 0.3) is 0 Å². The number of carbonyl (C=O) groups excluding carboxylic acids is 1. The molecule has 0 saturated carbocycles. The summed E-state index contributed by atoms with van der Waals surface area (Å²) in [5, 5.41) is 11.1. The van der Waals surface area contributed by atoms with E-state index in [0.29, 0.717) is 21.9 Å². The van der Waals surface area contributed by atoms with Crippen LogP contribution in [-0.4, -0.2) is 20.0 Å². The van der Waals surface area contributed by atoms with Crippen LogP contribution in [0.15, 0.2) is 35.2 Å². The number of ketones is 1. The molecule has 4 nitrogen and oxygen atoms in total. The summed E-state index contributed by atoms with van der Waals surface area (Å²) in [4.78, 5) is 13.0. The van der Waals surface area contributed by atoms with E-state index in [0.717, 1.165) is 5.56 Å². The Kier molecular flexibility index (Phi) is 4.97. The molecular weight excluding hydrogens is 298 g/mol. The molecule has 0 radical (unpaired) electrons. The topological polar surface area (TPSA) is 59.3 Å². The fraction of sp³-hybridized carbons (Fsp3) is 0.176. The minimum atomic E-state index is -0.267. The van der Waals surface area contributed by atoms with Gasteiger partial charge in [-0.05, 0) is 47.7 Å². The van der Waals surface area contributed by atoms with Crippen LogP contribution < -0.4 is 9.47 Å². The second kappa shape index (κ2) is 6.92. The lowest BCUT2D eigenvalue weighted by Gasteiger charge is -2.06. The molecule has 1 heterocycles. The van der Waals surface area contributed by atoms with E-state index in [2.05, 4.69) is 0 Å². The van der Waals surface area contributed by atoms with Crippen molar-refractivity contribution >= 4 is 23.2 Å². The molecule has 0 fully saturated rings. The first kappa shape index (κ1) is 15.8. The number of Topliss-reactive ketones (excluding diaryl/α,β-unsaturated/α-hetero) is 1. The van der Waals surface area contributed by atoms with Gasteiger partial charge in [0.05, 0.1) is 19.1 Å². The number of carbonyl (C=O) groups is 1. The Morgan fingerprint density at radius 1 is 1.23 bits per heavy atom. The highest BCUT2D eigenvalue weighted by Crippen LogP contribution is 2.25. The summed E-state index contributed by atoms with van der Waals surface area (Å²) in [7, 11) is 3.10. The number of methoxy groups -OCH3 is 2. The van der Waals surface area contributed by atoms with E-state index in [1.165, 1.54) is 11.3 Å². The zero-order valence-electron chi connectivity index (χ0n) is 12.5. The van der Waals surface area contributed by atoms with Crippen molar-refractivity contribution < 1.29 is 14.3 Å². The maximum atomic E-state index is 12.4. The van der Waals surface area contributed by atoms with Gasteiger partial charge in [0.2, 0.25) is 5.78 Å². The summed E-state index contributed by atoms with van der Waals surface area (Å²) in [6, 6.07) is 9.06. The average Bonchev–Trinajstić information content (AvgIpc) is 2.97. The first-order valence-electron chi connectivity index (χ1n) is 6.52. The molecule has 0 aliphatic heterocycles. The van der Waals surface area contributed by atoms with Crippen LogP contribution in [0.2, 0.25) is 0 Å². The zero-order valence-corrected chi connectivity index (χ0v) is 13.4. The highest BCUT2D eigenvalue weighted by Gasteiger charge is 2.16. The molecule has 112 valence electrons. The Bertz CT molecular complexity index is 746. The van der Waals surface area contributed by atoms with Gasteiger partial charge in [0, 0.05) is 6.07 Å². The molecule has 0 unspecified atom stereocenters. The molecule has 0 aliphatic rings. The van der Waals surface area contributed by atoms with Gasteiger partial charge < -0.3 is 9.47 Å². The third-order valence-electron chi connectivity index (χ3n) is 3.12. The second-order valence-electron chi connectivity index (χ2n) is 4.58. The maximum absolute atomic E-state index is 12.4. The molecule has 0 amide bonds. The Morgan fingerprint density at radius 3 is 2.32 bits per heavy atom. The lowest BCUT2D eigenvalue weighted by molar-refractivity contribution is 0.104. The number of allylic oxidation sites excluding steroid dienone is 1. The molecule has 0 N–H and O–H groups in total. The number of hydrogen-bond donors (Lipinski definition) is 0. The van der Waals surface area contributed by atoms with Crippen molar-refractivity contribution in [3.05, 3.63) is 51.2 Å². The highest BCUT2D eigenvalue weighted by molar-refractivity contribution is 7.12. The fourth-order valence-electron chi connectivity index (χ4n) is 1.96. The van der Waals surface area contributed by atoms with Crippen LogP contribution in [-0.2, 0) is 0 Å². The van der Waals surface area contributed by atoms with Crippen molar-refractivity contribution in [2.45, 2.75) is 6.92 Å². The van der Waals surface area contributed by atoms with Crippen LogP contribution in [0.3, 0.4) is 0 Å². The predicted molar refractivity (Wildman–Crippen MR) is 86.5 cm³/mol. The number of aryl methyl sites for hydroxylation is 1. The highest BCUT2D eigenvalue weighted by atomic mass is 32.1. The monoisotopic (exact) mass is 313 g/mol. The van der Waals surface area contributed by atoms with Gasteiger partial charge >= 0.3 is 0 Å². The number of ether oxygens (including phenoxy) is 2. The van der Waals surface area contributed by atoms with Gasteiger partial charge in [-0.25, -0.2) is 0 Å². The number of nitrogens with zero attached hydrogens (tertiary/aromatic N) is 1. The number of rotatable bonds is 5. The Hall–Kier alpha value is -2.58. The van der Waals surface area contributed by atoms with Gasteiger partial charge in [0.1, 0.15) is 23.1 Å². The summed E-state index contributed by atoms with van der Waals surface area (Å²) in [6.07, 6.45) is 1.55. The number of nitriles is 1. The standard InChI is InChI=1S/C17H15NO3S/c1-11-4-5-22-17(11)16(19)13(10-18)6-12-7-14(20-2)9-15(8-12)21-3/h4-9H,1-3H3. The van der Waals surface area contributed by atoms with E-state index in [1.54, 1.807) is 38.5 Å². The van der Waals surface area contributed by atoms with E-state index >= 15 is 0 Å². The molecule has 0 atom stereocenters. The number of benzene rings is 1. The molecule has 0 aliphatic carbocycles. The molecule has 22 heavy (non-hydrogen) atoms. The van der Waals surface area contributed by atoms with Gasteiger partial charge in [-0.1, -0.05) is 0 Å². The van der Waals surface area contributed by atoms with Crippen molar-refractivity contribution in [2.24, 2.45) is 0 Å². The molecule has 0 saturated heterocycles. The normalized spacial score (nSPS) is 10.9. The quantitative estimate of drug-likeness (QED) is 0.478. The first-order valence-corrected chi connectivity index (χ1v) is 7.40. The molecule has 2 aromatic rings. The molecule has 0 spiro atoms. The van der Waals surface area contributed by atoms with Gasteiger partial charge in [0.15, 0.2) is 0 Å². The van der Waals surface area contributed by atoms with E-state index < -0.39 is 0 Å². The van der Waals surface area contributed by atoms with Crippen molar-refractivity contribution in [3.8, 4) is 17.6 Å². The Balaban J connectivity index is 2.43. The van der Waals surface area contributed by atoms with Gasteiger partial charge in [-0.2, -0.15) is 5.26 Å². The third kappa shape index (κ3) is 3.35. The van der Waals surface area contributed by atoms with Crippen molar-refractivity contribution in [3.63, 3.8) is 0 Å². The van der Waals surface area contributed by atoms with Gasteiger partial charge in [-0.15, -0.1) is 11.3 Å². The van der Waals surface area contributed by atoms with Gasteiger partial charge in [-0.3, -0.25) is 4.79 Å². The fourth-order valence-corrected chi connectivity index (χ4v) is 2.83. The van der Waals surface area contributed by atoms with Crippen LogP contribution in [0.4, 0.5) is 0 Å². The molecule has 1 aromatic carbocycles. The van der Waals surface area contributed by atoms with Crippen molar-refractivity contribution in [2.75, 3.05) is 14.2 Å². The lowest BCUT2D eigenvalue weighted by Crippen LogP contribution is -2.01. The minimum absolute atomic E-state index is 0.0841. The summed E-state index contributed by atoms with van der Waals surface area (Å²) >= 11 is 1.34. The maximum Gasteiger partial charge on any atom is 0.213 e. The van der Waals surface area contributed by atoms with E-state index in [1.807, 2.05) is 24.4 Å². The summed E-state index contributed by atoms with van der Waals surface area (Å²) in [6.45, 7) is 1.85. The smallest absolute Gasteiger partial charge is 0.213 e. The van der Waals surface area contributed by atoms with E-state index in [9.17, 15) is 10.1 Å². The Labute approximate surface area is 133 Å². The van der Waals surface area contributed by atoms with Crippen LogP contribution in [0.1, 0.15) is 20.8 Å². The summed E-state index contributed by atoms with van der Waals surface area (Å²) in [5.41, 5.74) is 1.63. The Morgan fingerprint density at radius 2 is 1.86 bits per heavy atom.